The van der Waals surface area contributed by atoms with Crippen molar-refractivity contribution in [1.29, 1.82) is 0 Å². The van der Waals surface area contributed by atoms with Crippen molar-refractivity contribution in [2.75, 3.05) is 6.54 Å². The van der Waals surface area contributed by atoms with Crippen molar-refractivity contribution in [3.8, 4) is 0 Å². The van der Waals surface area contributed by atoms with Gasteiger partial charge in [-0.1, -0.05) is 0 Å². The third kappa shape index (κ3) is 5.80. The maximum absolute atomic E-state index is 10.6. The van der Waals surface area contributed by atoms with Crippen LogP contribution in [0.1, 0.15) is 12.8 Å². The van der Waals surface area contributed by atoms with Gasteiger partial charge in [0.25, 0.3) is 0 Å². The van der Waals surface area contributed by atoms with Crippen molar-refractivity contribution < 1.29 is 19.7 Å². The molecule has 74 valence electrons. The van der Waals surface area contributed by atoms with Crippen LogP contribution in [0.5, 0.6) is 0 Å². The Hall–Kier alpha value is -1.43. The van der Waals surface area contributed by atoms with Crippen molar-refractivity contribution in [3.63, 3.8) is 0 Å². The van der Waals surface area contributed by atoms with Gasteiger partial charge < -0.3 is 10.8 Å². The van der Waals surface area contributed by atoms with Crippen molar-refractivity contribution in [3.05, 3.63) is 0 Å². The highest BCUT2D eigenvalue weighted by atomic mass is 16.4. The molecule has 0 saturated heterocycles. The molecule has 0 aliphatic carbocycles. The second-order valence-corrected chi connectivity index (χ2v) is 2.52. The van der Waals surface area contributed by atoms with Gasteiger partial charge in [-0.15, -0.1) is 0 Å². The van der Waals surface area contributed by atoms with Gasteiger partial charge in [-0.05, 0) is 12.8 Å². The van der Waals surface area contributed by atoms with Crippen molar-refractivity contribution in [1.82, 2.24) is 5.32 Å². The van der Waals surface area contributed by atoms with Gasteiger partial charge in [0.05, 0.1) is 13.3 Å². The number of nitrogens with two attached hydrogens (primary N) is 1. The monoisotopic (exact) mass is 188 g/mol. The molecule has 0 aromatic heterocycles. The standard InChI is InChI=1S/C7H13N3O3/c1-9-7(13)10-4-2-3-5(8)6(11)12/h5H,1-4,8H2,(H,10,13)(H,11,12)/p+1. The van der Waals surface area contributed by atoms with Crippen LogP contribution in [-0.4, -0.2) is 36.4 Å². The Kier molecular flexibility index (Phi) is 5.45. The molecular weight excluding hydrogens is 174 g/mol. The van der Waals surface area contributed by atoms with Crippen LogP contribution in [-0.2, 0) is 4.79 Å². The molecule has 0 aromatic carbocycles. The summed E-state index contributed by atoms with van der Waals surface area (Å²) in [7, 11) is 0. The molecule has 0 rings (SSSR count). The number of carbonyl (C=O) groups is 2. The van der Waals surface area contributed by atoms with Crippen LogP contribution >= 0.6 is 0 Å². The van der Waals surface area contributed by atoms with Gasteiger partial charge in [-0.2, -0.15) is 4.79 Å². The minimum Gasteiger partial charge on any atom is -0.480 e. The Morgan fingerprint density at radius 2 is 2.23 bits per heavy atom. The summed E-state index contributed by atoms with van der Waals surface area (Å²) in [5.41, 5.74) is 5.23. The number of amides is 2. The zero-order chi connectivity index (χ0) is 10.3. The number of aliphatic carboxylic acids is 1. The Labute approximate surface area is 75.8 Å². The number of carbonyl (C=O) groups excluding carboxylic acids is 1. The van der Waals surface area contributed by atoms with Gasteiger partial charge in [-0.3, -0.25) is 4.79 Å². The Morgan fingerprint density at radius 3 is 2.69 bits per heavy atom. The van der Waals surface area contributed by atoms with E-state index in [1.165, 1.54) is 0 Å². The fraction of sp³-hybridized carbons (Fsp3) is 0.571. The average Bonchev–Trinajstić information content (AvgIpc) is 2.11. The predicted octanol–water partition coefficient (Wildman–Crippen LogP) is -2.33. The van der Waals surface area contributed by atoms with Crippen molar-refractivity contribution >= 4 is 18.7 Å². The average molecular weight is 188 g/mol. The second kappa shape index (κ2) is 6.13. The van der Waals surface area contributed by atoms with Crippen LogP contribution in [0.2, 0.25) is 0 Å². The van der Waals surface area contributed by atoms with Crippen LogP contribution in [0, 0.1) is 0 Å². The van der Waals surface area contributed by atoms with E-state index < -0.39 is 12.0 Å². The number of urea groups is 1. The lowest BCUT2D eigenvalue weighted by molar-refractivity contribution is -0.332. The molecule has 0 radical (unpaired) electrons. The van der Waals surface area contributed by atoms with E-state index in [1.807, 2.05) is 0 Å². The molecule has 0 aromatic rings. The lowest BCUT2D eigenvalue weighted by Gasteiger charge is -2.03. The van der Waals surface area contributed by atoms with Gasteiger partial charge in [0.15, 0.2) is 0 Å². The summed E-state index contributed by atoms with van der Waals surface area (Å²) in [6.07, 6.45) is 0.869. The molecule has 0 aliphatic rings. The molecular formula is C7H14N3O3+. The highest BCUT2D eigenvalue weighted by molar-refractivity contribution is 5.72. The molecule has 0 saturated carbocycles. The number of carboxylic acids is 1. The quantitative estimate of drug-likeness (QED) is 0.287. The maximum atomic E-state index is 10.6. The molecule has 0 spiro atoms. The summed E-state index contributed by atoms with van der Waals surface area (Å²) in [6.45, 7) is 3.54. The van der Waals surface area contributed by atoms with Gasteiger partial charge in [0.1, 0.15) is 6.04 Å². The van der Waals surface area contributed by atoms with Crippen LogP contribution in [0.25, 0.3) is 0 Å². The SMILES string of the molecule is C=[NH+]C(=O)NCCCC(N)C(=O)O. The molecule has 5 N–H and O–H groups in total. The number of rotatable bonds is 5. The minimum absolute atomic E-state index is 0.340. The van der Waals surface area contributed by atoms with Gasteiger partial charge >= 0.3 is 12.0 Å². The fourth-order valence-electron chi connectivity index (χ4n) is 0.710. The fourth-order valence-corrected chi connectivity index (χ4v) is 0.710. The summed E-state index contributed by atoms with van der Waals surface area (Å²) in [5, 5.41) is 10.9. The molecule has 0 bridgehead atoms. The summed E-state index contributed by atoms with van der Waals surface area (Å²) < 4.78 is 0. The molecule has 1 atom stereocenters. The van der Waals surface area contributed by atoms with Crippen LogP contribution in [0.15, 0.2) is 0 Å². The van der Waals surface area contributed by atoms with E-state index in [2.05, 4.69) is 17.0 Å². The highest BCUT2D eigenvalue weighted by Crippen LogP contribution is 1.92. The summed E-state index contributed by atoms with van der Waals surface area (Å²) >= 11 is 0. The van der Waals surface area contributed by atoms with E-state index in [0.29, 0.717) is 19.4 Å². The van der Waals surface area contributed by atoms with Gasteiger partial charge in [0, 0.05) is 0 Å². The molecule has 6 heteroatoms. The topological polar surface area (TPSA) is 106 Å². The third-order valence-electron chi connectivity index (χ3n) is 1.46. The van der Waals surface area contributed by atoms with Gasteiger partial charge in [0.2, 0.25) is 0 Å². The minimum atomic E-state index is -1.03. The van der Waals surface area contributed by atoms with E-state index in [4.69, 9.17) is 10.8 Å². The van der Waals surface area contributed by atoms with Gasteiger partial charge in [-0.25, -0.2) is 10.3 Å². The number of nitrogens with one attached hydrogen (secondary N) is 2. The smallest absolute Gasteiger partial charge is 0.480 e. The predicted molar refractivity (Wildman–Crippen MR) is 46.3 cm³/mol. The molecule has 2 amide bonds. The molecule has 6 nitrogen and oxygen atoms in total. The normalized spacial score (nSPS) is 11.8. The van der Waals surface area contributed by atoms with Crippen molar-refractivity contribution in [2.45, 2.75) is 18.9 Å². The summed E-state index contributed by atoms with van der Waals surface area (Å²) in [5.74, 6) is -1.03. The molecule has 0 fully saturated rings. The third-order valence-corrected chi connectivity index (χ3v) is 1.46. The molecule has 0 aliphatic heterocycles. The first kappa shape index (κ1) is 11.6. The summed E-state index contributed by atoms with van der Waals surface area (Å²) in [6, 6.07) is -1.24. The molecule has 0 heterocycles. The first-order chi connectivity index (χ1) is 6.07. The Morgan fingerprint density at radius 1 is 1.62 bits per heavy atom. The maximum Gasteiger partial charge on any atom is 0.488 e. The van der Waals surface area contributed by atoms with Crippen LogP contribution in [0.3, 0.4) is 0 Å². The van der Waals surface area contributed by atoms with Crippen LogP contribution < -0.4 is 16.0 Å². The molecule has 13 heavy (non-hydrogen) atoms. The Balaban J connectivity index is 3.40. The zero-order valence-corrected chi connectivity index (χ0v) is 7.25. The number of hydrogen-bond acceptors (Lipinski definition) is 3. The first-order valence-electron chi connectivity index (χ1n) is 3.87. The lowest BCUT2D eigenvalue weighted by Crippen LogP contribution is -2.75. The zero-order valence-electron chi connectivity index (χ0n) is 7.25. The van der Waals surface area contributed by atoms with E-state index in [0.717, 1.165) is 0 Å². The number of hydrogen-bond donors (Lipinski definition) is 4. The number of carboxylic acid groups (broad SMARTS) is 1. The van der Waals surface area contributed by atoms with Crippen LogP contribution in [0.4, 0.5) is 4.79 Å². The van der Waals surface area contributed by atoms with E-state index >= 15 is 0 Å². The van der Waals surface area contributed by atoms with E-state index in [-0.39, 0.29) is 6.03 Å². The second-order valence-electron chi connectivity index (χ2n) is 2.52. The van der Waals surface area contributed by atoms with Crippen molar-refractivity contribution in [2.24, 2.45) is 5.73 Å². The Bertz CT molecular complexity index is 205. The lowest BCUT2D eigenvalue weighted by atomic mass is 10.2. The van der Waals surface area contributed by atoms with E-state index in [9.17, 15) is 9.59 Å². The first-order valence-corrected chi connectivity index (χ1v) is 3.87. The highest BCUT2D eigenvalue weighted by Gasteiger charge is 2.11. The summed E-state index contributed by atoms with van der Waals surface area (Å²) in [4.78, 5) is 22.9. The van der Waals surface area contributed by atoms with E-state index in [1.54, 1.807) is 0 Å². The largest absolute Gasteiger partial charge is 0.488 e. The molecule has 1 unspecified atom stereocenters.